The van der Waals surface area contributed by atoms with Gasteiger partial charge in [-0.2, -0.15) is 4.31 Å². The van der Waals surface area contributed by atoms with Crippen LogP contribution in [0, 0.1) is 11.6 Å². The van der Waals surface area contributed by atoms with Crippen LogP contribution in [0.1, 0.15) is 33.7 Å². The Labute approximate surface area is 195 Å². The number of hydrogen-bond donors (Lipinski definition) is 2. The van der Waals surface area contributed by atoms with Crippen molar-refractivity contribution in [3.8, 4) is 0 Å². The number of piperazine rings is 1. The number of nitrogens with one attached hydrogen (secondary N) is 1. The first-order valence-electron chi connectivity index (χ1n) is 10.5. The van der Waals surface area contributed by atoms with Crippen molar-refractivity contribution in [3.05, 3.63) is 53.4 Å². The summed E-state index contributed by atoms with van der Waals surface area (Å²) < 4.78 is 54.9. The first-order valence-corrected chi connectivity index (χ1v) is 11.9. The second-order valence-corrected chi connectivity index (χ2v) is 9.74. The number of nitrogens with zero attached hydrogens (tertiary/aromatic N) is 3. The second-order valence-electron chi connectivity index (χ2n) is 7.80. The maximum atomic E-state index is 13.6. The van der Waals surface area contributed by atoms with E-state index in [-0.39, 0.29) is 61.2 Å². The highest BCUT2D eigenvalue weighted by Crippen LogP contribution is 2.20. The van der Waals surface area contributed by atoms with Crippen LogP contribution in [-0.4, -0.2) is 72.6 Å². The van der Waals surface area contributed by atoms with Crippen molar-refractivity contribution < 1.29 is 31.6 Å². The molecule has 1 saturated heterocycles. The maximum absolute atomic E-state index is 13.6. The molecule has 3 amide bonds. The molecule has 1 aliphatic rings. The molecule has 34 heavy (non-hydrogen) atoms. The van der Waals surface area contributed by atoms with Crippen molar-refractivity contribution in [2.45, 2.75) is 17.7 Å². The Morgan fingerprint density at radius 2 is 1.76 bits per heavy atom. The number of aryl methyl sites for hydroxylation is 1. The Hall–Kier alpha value is -3.32. The van der Waals surface area contributed by atoms with Crippen LogP contribution >= 0.6 is 0 Å². The predicted molar refractivity (Wildman–Crippen MR) is 117 cm³/mol. The lowest BCUT2D eigenvalue weighted by atomic mass is 10.2. The van der Waals surface area contributed by atoms with Gasteiger partial charge in [0, 0.05) is 58.5 Å². The minimum atomic E-state index is -3.84. The molecule has 10 nitrogen and oxygen atoms in total. The molecule has 3 N–H and O–H groups in total. The van der Waals surface area contributed by atoms with Crippen LogP contribution in [0.3, 0.4) is 0 Å². The van der Waals surface area contributed by atoms with Crippen molar-refractivity contribution in [1.29, 1.82) is 0 Å². The Morgan fingerprint density at radius 3 is 2.35 bits per heavy atom. The van der Waals surface area contributed by atoms with Crippen LogP contribution in [0.2, 0.25) is 0 Å². The number of carbonyl (C=O) groups excluding carboxylic acids is 3. The van der Waals surface area contributed by atoms with Crippen molar-refractivity contribution in [3.63, 3.8) is 0 Å². The van der Waals surface area contributed by atoms with Crippen molar-refractivity contribution in [2.24, 2.45) is 12.8 Å². The summed E-state index contributed by atoms with van der Waals surface area (Å²) in [6, 6.07) is 3.87. The Kier molecular flexibility index (Phi) is 7.67. The summed E-state index contributed by atoms with van der Waals surface area (Å²) in [6.45, 7) is 0.693. The molecule has 1 aromatic carbocycles. The fourth-order valence-electron chi connectivity index (χ4n) is 3.62. The van der Waals surface area contributed by atoms with Crippen molar-refractivity contribution in [2.75, 3.05) is 32.7 Å². The van der Waals surface area contributed by atoms with Gasteiger partial charge in [0.2, 0.25) is 15.9 Å². The lowest BCUT2D eigenvalue weighted by molar-refractivity contribution is -0.132. The number of rotatable bonds is 8. The van der Waals surface area contributed by atoms with Crippen LogP contribution in [0.25, 0.3) is 0 Å². The minimum absolute atomic E-state index is 0.0445. The lowest BCUT2D eigenvalue weighted by Crippen LogP contribution is -2.50. The van der Waals surface area contributed by atoms with Gasteiger partial charge in [0.15, 0.2) is 0 Å². The molecule has 1 fully saturated rings. The van der Waals surface area contributed by atoms with Crippen LogP contribution in [0.5, 0.6) is 0 Å². The summed E-state index contributed by atoms with van der Waals surface area (Å²) in [7, 11) is -2.32. The van der Waals surface area contributed by atoms with E-state index in [0.29, 0.717) is 12.5 Å². The number of halogens is 2. The Balaban J connectivity index is 1.46. The fraction of sp³-hybridized carbons (Fsp3) is 0.381. The standard InChI is InChI=1S/C21H25F2N5O5S/c1-26-13-15(12-18(26)20(24)30)34(32,33)28-9-7-27(8-10-28)19(29)3-2-6-25-21(31)16-5-4-14(22)11-17(16)23/h4-5,11-13H,2-3,6-10H2,1H3,(H2,24,30)(H,25,31). The highest BCUT2D eigenvalue weighted by molar-refractivity contribution is 7.89. The number of nitrogens with two attached hydrogens (primary N) is 1. The van der Waals surface area contributed by atoms with E-state index in [2.05, 4.69) is 5.32 Å². The summed E-state index contributed by atoms with van der Waals surface area (Å²) in [6.07, 6.45) is 1.73. The molecule has 0 radical (unpaired) electrons. The number of carbonyl (C=O) groups is 3. The van der Waals surface area contributed by atoms with Gasteiger partial charge in [0.05, 0.1) is 5.56 Å². The third-order valence-corrected chi connectivity index (χ3v) is 7.35. The number of benzene rings is 1. The molecule has 13 heteroatoms. The van der Waals surface area contributed by atoms with Gasteiger partial charge >= 0.3 is 0 Å². The van der Waals surface area contributed by atoms with E-state index >= 15 is 0 Å². The van der Waals surface area contributed by atoms with Gasteiger partial charge in [-0.15, -0.1) is 0 Å². The molecular formula is C21H25F2N5O5S. The molecule has 1 aliphatic heterocycles. The third kappa shape index (κ3) is 5.59. The van der Waals surface area contributed by atoms with Gasteiger partial charge in [0.1, 0.15) is 22.2 Å². The van der Waals surface area contributed by atoms with Crippen LogP contribution < -0.4 is 11.1 Å². The molecule has 0 saturated carbocycles. The van der Waals surface area contributed by atoms with Crippen LogP contribution in [0.4, 0.5) is 8.78 Å². The van der Waals surface area contributed by atoms with Gasteiger partial charge in [-0.1, -0.05) is 0 Å². The molecule has 0 bridgehead atoms. The average molecular weight is 498 g/mol. The second kappa shape index (κ2) is 10.3. The third-order valence-electron chi connectivity index (χ3n) is 5.49. The molecular weight excluding hydrogens is 472 g/mol. The first kappa shape index (κ1) is 25.3. The van der Waals surface area contributed by atoms with Gasteiger partial charge in [-0.3, -0.25) is 14.4 Å². The van der Waals surface area contributed by atoms with E-state index in [9.17, 15) is 31.6 Å². The summed E-state index contributed by atoms with van der Waals surface area (Å²) in [5.41, 5.74) is 5.03. The van der Waals surface area contributed by atoms with E-state index in [1.54, 1.807) is 0 Å². The van der Waals surface area contributed by atoms with E-state index in [0.717, 1.165) is 12.1 Å². The van der Waals surface area contributed by atoms with E-state index < -0.39 is 33.5 Å². The van der Waals surface area contributed by atoms with E-state index in [1.807, 2.05) is 0 Å². The number of sulfonamides is 1. The quantitative estimate of drug-likeness (QED) is 0.511. The molecule has 184 valence electrons. The topological polar surface area (TPSA) is 135 Å². The molecule has 0 unspecified atom stereocenters. The molecule has 2 aromatic rings. The molecule has 0 spiro atoms. The van der Waals surface area contributed by atoms with Gasteiger partial charge in [-0.05, 0) is 24.6 Å². The molecule has 0 aliphatic carbocycles. The molecule has 1 aromatic heterocycles. The van der Waals surface area contributed by atoms with Gasteiger partial charge < -0.3 is 20.5 Å². The largest absolute Gasteiger partial charge is 0.364 e. The summed E-state index contributed by atoms with van der Waals surface area (Å²) in [4.78, 5) is 37.3. The number of aromatic nitrogens is 1. The number of hydrogen-bond acceptors (Lipinski definition) is 5. The van der Waals surface area contributed by atoms with E-state index in [1.165, 1.54) is 33.1 Å². The Bertz CT molecular complexity index is 1210. The summed E-state index contributed by atoms with van der Waals surface area (Å²) in [5.74, 6) is -3.40. The van der Waals surface area contributed by atoms with Crippen molar-refractivity contribution >= 4 is 27.7 Å². The molecule has 3 rings (SSSR count). The normalized spacial score (nSPS) is 14.7. The Morgan fingerprint density at radius 1 is 1.09 bits per heavy atom. The zero-order valence-corrected chi connectivity index (χ0v) is 19.3. The SMILES string of the molecule is Cn1cc(S(=O)(=O)N2CCN(C(=O)CCCNC(=O)c3ccc(F)cc3F)CC2)cc1C(N)=O. The zero-order chi connectivity index (χ0) is 25.0. The highest BCUT2D eigenvalue weighted by Gasteiger charge is 2.31. The lowest BCUT2D eigenvalue weighted by Gasteiger charge is -2.33. The van der Waals surface area contributed by atoms with Gasteiger partial charge in [-0.25, -0.2) is 17.2 Å². The van der Waals surface area contributed by atoms with Crippen LogP contribution in [-0.2, 0) is 21.9 Å². The van der Waals surface area contributed by atoms with Gasteiger partial charge in [0.25, 0.3) is 11.8 Å². The first-order chi connectivity index (χ1) is 16.0. The summed E-state index contributed by atoms with van der Waals surface area (Å²) in [5, 5.41) is 2.48. The average Bonchev–Trinajstić information content (AvgIpc) is 3.19. The fourth-order valence-corrected chi connectivity index (χ4v) is 5.11. The minimum Gasteiger partial charge on any atom is -0.364 e. The number of primary amides is 1. The predicted octanol–water partition coefficient (Wildman–Crippen LogP) is 0.445. The van der Waals surface area contributed by atoms with Crippen LogP contribution in [0.15, 0.2) is 35.4 Å². The molecule has 0 atom stereocenters. The number of amides is 3. The maximum Gasteiger partial charge on any atom is 0.265 e. The van der Waals surface area contributed by atoms with Crippen molar-refractivity contribution in [1.82, 2.24) is 19.1 Å². The van der Waals surface area contributed by atoms with E-state index in [4.69, 9.17) is 5.73 Å². The monoisotopic (exact) mass is 497 g/mol. The zero-order valence-electron chi connectivity index (χ0n) is 18.5. The highest BCUT2D eigenvalue weighted by atomic mass is 32.2. The summed E-state index contributed by atoms with van der Waals surface area (Å²) >= 11 is 0. The smallest absolute Gasteiger partial charge is 0.265 e. The molecule has 2 heterocycles.